The second kappa shape index (κ2) is 3.39. The first-order chi connectivity index (χ1) is 5.65. The summed E-state index contributed by atoms with van der Waals surface area (Å²) in [5.41, 5.74) is 1.04. The number of rotatable bonds is 2. The molecule has 1 rings (SSSR count). The maximum atomic E-state index is 10.9. The van der Waals surface area contributed by atoms with Crippen molar-refractivity contribution < 1.29 is 9.21 Å². The number of carbonyl (C=O) groups excluding carboxylic acids is 1. The second-order valence-electron chi connectivity index (χ2n) is 2.69. The zero-order valence-electron chi connectivity index (χ0n) is 7.55. The number of allylic oxidation sites excluding steroid dienone is 2. The molecular formula is C10H12O2. The Morgan fingerprint density at radius 2 is 1.92 bits per heavy atom. The van der Waals surface area contributed by atoms with Gasteiger partial charge in [0, 0.05) is 6.92 Å². The highest BCUT2D eigenvalue weighted by Gasteiger charge is 2.05. The van der Waals surface area contributed by atoms with Crippen LogP contribution in [-0.2, 0) is 0 Å². The van der Waals surface area contributed by atoms with Crippen molar-refractivity contribution in [3.05, 3.63) is 29.7 Å². The molecule has 0 fully saturated rings. The molecule has 0 saturated carbocycles. The topological polar surface area (TPSA) is 30.2 Å². The molecule has 2 nitrogen and oxygen atoms in total. The number of carbonyl (C=O) groups is 1. The van der Waals surface area contributed by atoms with Crippen LogP contribution >= 0.6 is 0 Å². The molecule has 1 heterocycles. The van der Waals surface area contributed by atoms with E-state index >= 15 is 0 Å². The summed E-state index contributed by atoms with van der Waals surface area (Å²) in [6, 6.07) is 3.51. The molecule has 2 heteroatoms. The number of hydrogen-bond donors (Lipinski definition) is 0. The van der Waals surface area contributed by atoms with Gasteiger partial charge in [-0.2, -0.15) is 0 Å². The summed E-state index contributed by atoms with van der Waals surface area (Å²) < 4.78 is 5.28. The van der Waals surface area contributed by atoms with E-state index in [4.69, 9.17) is 4.42 Å². The highest BCUT2D eigenvalue weighted by Crippen LogP contribution is 2.16. The van der Waals surface area contributed by atoms with Crippen molar-refractivity contribution in [1.82, 2.24) is 0 Å². The summed E-state index contributed by atoms with van der Waals surface area (Å²) >= 11 is 0. The van der Waals surface area contributed by atoms with Crippen molar-refractivity contribution in [2.75, 3.05) is 0 Å². The Balaban J connectivity index is 2.99. The molecule has 0 spiro atoms. The number of ketones is 1. The van der Waals surface area contributed by atoms with Crippen LogP contribution in [-0.4, -0.2) is 5.78 Å². The molecule has 0 aromatic carbocycles. The number of Topliss-reactive ketones (excluding diaryl/α,β-unsaturated/α-hetero) is 1. The van der Waals surface area contributed by atoms with Crippen LogP contribution in [0.1, 0.15) is 37.1 Å². The first-order valence-electron chi connectivity index (χ1n) is 3.89. The molecular weight excluding hydrogens is 152 g/mol. The summed E-state index contributed by atoms with van der Waals surface area (Å²) in [6.45, 7) is 5.38. The smallest absolute Gasteiger partial charge is 0.194 e. The van der Waals surface area contributed by atoms with Crippen LogP contribution in [0.3, 0.4) is 0 Å². The highest BCUT2D eigenvalue weighted by atomic mass is 16.3. The molecule has 0 radical (unpaired) electrons. The van der Waals surface area contributed by atoms with Gasteiger partial charge in [-0.15, -0.1) is 0 Å². The molecule has 0 aliphatic carbocycles. The third-order valence-electron chi connectivity index (χ3n) is 1.77. The van der Waals surface area contributed by atoms with Gasteiger partial charge in [0.15, 0.2) is 11.5 Å². The van der Waals surface area contributed by atoms with Gasteiger partial charge >= 0.3 is 0 Å². The van der Waals surface area contributed by atoms with Gasteiger partial charge in [-0.3, -0.25) is 4.79 Å². The van der Waals surface area contributed by atoms with Gasteiger partial charge in [-0.05, 0) is 31.6 Å². The molecule has 64 valence electrons. The van der Waals surface area contributed by atoms with Gasteiger partial charge in [0.2, 0.25) is 0 Å². The van der Waals surface area contributed by atoms with E-state index in [9.17, 15) is 4.79 Å². The van der Waals surface area contributed by atoms with Crippen LogP contribution in [0.15, 0.2) is 22.6 Å². The van der Waals surface area contributed by atoms with Crippen molar-refractivity contribution in [1.29, 1.82) is 0 Å². The minimum absolute atomic E-state index is 0.0369. The summed E-state index contributed by atoms with van der Waals surface area (Å²) in [6.07, 6.45) is 1.95. The fraction of sp³-hybridized carbons (Fsp3) is 0.300. The molecule has 0 aliphatic rings. The Bertz CT molecular complexity index is 318. The van der Waals surface area contributed by atoms with Crippen LogP contribution in [0.25, 0.3) is 5.57 Å². The summed E-state index contributed by atoms with van der Waals surface area (Å²) in [5.74, 6) is 1.15. The molecule has 0 N–H and O–H groups in total. The van der Waals surface area contributed by atoms with E-state index in [0.29, 0.717) is 5.76 Å². The fourth-order valence-corrected chi connectivity index (χ4v) is 0.881. The third kappa shape index (κ3) is 1.64. The lowest BCUT2D eigenvalue weighted by Crippen LogP contribution is -1.86. The van der Waals surface area contributed by atoms with Crippen molar-refractivity contribution in [2.45, 2.75) is 20.8 Å². The second-order valence-corrected chi connectivity index (χ2v) is 2.69. The van der Waals surface area contributed by atoms with Gasteiger partial charge in [0.05, 0.1) is 0 Å². The van der Waals surface area contributed by atoms with E-state index in [1.54, 1.807) is 6.07 Å². The lowest BCUT2D eigenvalue weighted by atomic mass is 10.2. The molecule has 1 aromatic rings. The normalized spacial score (nSPS) is 11.8. The Morgan fingerprint density at radius 3 is 2.33 bits per heavy atom. The quantitative estimate of drug-likeness (QED) is 0.629. The molecule has 0 amide bonds. The Kier molecular flexibility index (Phi) is 2.48. The van der Waals surface area contributed by atoms with E-state index in [2.05, 4.69) is 0 Å². The van der Waals surface area contributed by atoms with E-state index < -0.39 is 0 Å². The van der Waals surface area contributed by atoms with Crippen molar-refractivity contribution in [2.24, 2.45) is 0 Å². The van der Waals surface area contributed by atoms with Crippen molar-refractivity contribution in [3.8, 4) is 0 Å². The zero-order chi connectivity index (χ0) is 9.14. The minimum Gasteiger partial charge on any atom is -0.453 e. The zero-order valence-corrected chi connectivity index (χ0v) is 7.55. The van der Waals surface area contributed by atoms with Gasteiger partial charge in [-0.1, -0.05) is 6.08 Å². The summed E-state index contributed by atoms with van der Waals surface area (Å²) in [4.78, 5) is 10.9. The lowest BCUT2D eigenvalue weighted by molar-refractivity contribution is 0.0987. The molecule has 0 aliphatic heterocycles. The van der Waals surface area contributed by atoms with Crippen LogP contribution in [0.5, 0.6) is 0 Å². The van der Waals surface area contributed by atoms with Gasteiger partial charge in [0.1, 0.15) is 5.76 Å². The van der Waals surface area contributed by atoms with Crippen LogP contribution in [0, 0.1) is 0 Å². The predicted molar refractivity (Wildman–Crippen MR) is 48.0 cm³/mol. The van der Waals surface area contributed by atoms with Gasteiger partial charge in [-0.25, -0.2) is 0 Å². The first kappa shape index (κ1) is 8.78. The maximum absolute atomic E-state index is 10.9. The molecule has 0 unspecified atom stereocenters. The average molecular weight is 164 g/mol. The Morgan fingerprint density at radius 1 is 1.33 bits per heavy atom. The highest BCUT2D eigenvalue weighted by molar-refractivity contribution is 5.91. The molecule has 1 aromatic heterocycles. The number of hydrogen-bond acceptors (Lipinski definition) is 2. The van der Waals surface area contributed by atoms with Crippen LogP contribution in [0.2, 0.25) is 0 Å². The lowest BCUT2D eigenvalue weighted by Gasteiger charge is -1.92. The van der Waals surface area contributed by atoms with Crippen LogP contribution < -0.4 is 0 Å². The monoisotopic (exact) mass is 164 g/mol. The molecule has 0 atom stereocenters. The molecule has 12 heavy (non-hydrogen) atoms. The largest absolute Gasteiger partial charge is 0.453 e. The Labute approximate surface area is 71.9 Å². The van der Waals surface area contributed by atoms with E-state index in [0.717, 1.165) is 11.3 Å². The van der Waals surface area contributed by atoms with Crippen molar-refractivity contribution in [3.63, 3.8) is 0 Å². The Hall–Kier alpha value is -1.31. The van der Waals surface area contributed by atoms with Gasteiger partial charge < -0.3 is 4.42 Å². The molecule has 0 bridgehead atoms. The maximum Gasteiger partial charge on any atom is 0.194 e. The first-order valence-corrected chi connectivity index (χ1v) is 3.89. The third-order valence-corrected chi connectivity index (χ3v) is 1.77. The summed E-state index contributed by atoms with van der Waals surface area (Å²) in [5, 5.41) is 0. The fourth-order valence-electron chi connectivity index (χ4n) is 0.881. The average Bonchev–Trinajstić information content (AvgIpc) is 2.51. The number of furan rings is 1. The van der Waals surface area contributed by atoms with Crippen LogP contribution in [0.4, 0.5) is 0 Å². The van der Waals surface area contributed by atoms with E-state index in [1.807, 2.05) is 26.0 Å². The SMILES string of the molecule is CC=C(C)c1ccc(C(C)=O)o1. The van der Waals surface area contributed by atoms with E-state index in [1.165, 1.54) is 6.92 Å². The summed E-state index contributed by atoms with van der Waals surface area (Å²) in [7, 11) is 0. The minimum atomic E-state index is -0.0369. The van der Waals surface area contributed by atoms with Gasteiger partial charge in [0.25, 0.3) is 0 Å². The molecule has 0 saturated heterocycles. The van der Waals surface area contributed by atoms with Crippen molar-refractivity contribution >= 4 is 11.4 Å². The standard InChI is InChI=1S/C10H12O2/c1-4-7(2)9-5-6-10(12-9)8(3)11/h4-6H,1-3H3. The van der Waals surface area contributed by atoms with E-state index in [-0.39, 0.29) is 5.78 Å². The predicted octanol–water partition coefficient (Wildman–Crippen LogP) is 2.91.